The van der Waals surface area contributed by atoms with Crippen molar-refractivity contribution in [3.63, 3.8) is 0 Å². The molecule has 0 aromatic heterocycles. The Balaban J connectivity index is 2.41. The van der Waals surface area contributed by atoms with Crippen LogP contribution in [-0.4, -0.2) is 7.11 Å². The topological polar surface area (TPSA) is 18.5 Å². The van der Waals surface area contributed by atoms with Crippen molar-refractivity contribution in [1.29, 1.82) is 0 Å². The second kappa shape index (κ2) is 6.27. The van der Waals surface area contributed by atoms with Crippen molar-refractivity contribution in [2.24, 2.45) is 0 Å². The summed E-state index contributed by atoms with van der Waals surface area (Å²) in [4.78, 5) is 0. The van der Waals surface area contributed by atoms with Gasteiger partial charge in [-0.2, -0.15) is 13.2 Å². The minimum Gasteiger partial charge on any atom is -0.497 e. The zero-order chi connectivity index (χ0) is 15.6. The highest BCUT2D eigenvalue weighted by Crippen LogP contribution is 2.41. The second-order valence-electron chi connectivity index (χ2n) is 4.04. The van der Waals surface area contributed by atoms with Crippen LogP contribution in [0.4, 0.5) is 13.2 Å². The van der Waals surface area contributed by atoms with E-state index in [2.05, 4.69) is 31.9 Å². The van der Waals surface area contributed by atoms with E-state index < -0.39 is 11.7 Å². The third-order valence-electron chi connectivity index (χ3n) is 2.61. The van der Waals surface area contributed by atoms with E-state index in [1.165, 1.54) is 25.3 Å². The summed E-state index contributed by atoms with van der Waals surface area (Å²) >= 11 is 6.38. The van der Waals surface area contributed by atoms with Gasteiger partial charge in [-0.25, -0.2) is 0 Å². The van der Waals surface area contributed by atoms with E-state index in [0.29, 0.717) is 14.7 Å². The lowest BCUT2D eigenvalue weighted by Crippen LogP contribution is -2.07. The first kappa shape index (κ1) is 16.2. The summed E-state index contributed by atoms with van der Waals surface area (Å²) in [6.45, 7) is 0. The van der Waals surface area contributed by atoms with Crippen LogP contribution in [0.5, 0.6) is 17.2 Å². The van der Waals surface area contributed by atoms with E-state index in [-0.39, 0.29) is 11.5 Å². The molecule has 0 bridgehead atoms. The summed E-state index contributed by atoms with van der Waals surface area (Å²) in [5, 5.41) is 0. The van der Waals surface area contributed by atoms with Crippen molar-refractivity contribution in [1.82, 2.24) is 0 Å². The molecule has 0 spiro atoms. The van der Waals surface area contributed by atoms with Gasteiger partial charge in [-0.05, 0) is 52.3 Å². The Morgan fingerprint density at radius 1 is 0.952 bits per heavy atom. The first-order valence-electron chi connectivity index (χ1n) is 5.69. The maximum Gasteiger partial charge on any atom is 0.419 e. The minimum atomic E-state index is -4.49. The van der Waals surface area contributed by atoms with Crippen molar-refractivity contribution in [2.45, 2.75) is 6.18 Å². The predicted octanol–water partition coefficient (Wildman–Crippen LogP) is 6.03. The Morgan fingerprint density at radius 2 is 1.67 bits per heavy atom. The third-order valence-corrected chi connectivity index (χ3v) is 3.72. The van der Waals surface area contributed by atoms with Crippen LogP contribution in [0.1, 0.15) is 5.56 Å². The molecule has 2 aromatic rings. The van der Waals surface area contributed by atoms with Crippen molar-refractivity contribution in [3.8, 4) is 17.2 Å². The molecule has 0 heterocycles. The quantitative estimate of drug-likeness (QED) is 0.597. The molecule has 0 aliphatic heterocycles. The van der Waals surface area contributed by atoms with Crippen molar-refractivity contribution < 1.29 is 22.6 Å². The van der Waals surface area contributed by atoms with E-state index in [1.807, 2.05) is 0 Å². The summed E-state index contributed by atoms with van der Waals surface area (Å²) in [6, 6.07) is 8.31. The molecule has 0 aliphatic carbocycles. The summed E-state index contributed by atoms with van der Waals surface area (Å²) in [7, 11) is 1.50. The number of rotatable bonds is 3. The molecule has 0 saturated heterocycles. The Kier molecular flexibility index (Phi) is 4.83. The summed E-state index contributed by atoms with van der Waals surface area (Å²) in [5.74, 6) is 0.557. The number of methoxy groups -OCH3 is 1. The van der Waals surface area contributed by atoms with Crippen LogP contribution in [0, 0.1) is 0 Å². The molecule has 2 nitrogen and oxygen atoms in total. The number of ether oxygens (including phenoxy) is 2. The van der Waals surface area contributed by atoms with E-state index >= 15 is 0 Å². The molecular formula is C14H9Br2F3O2. The maximum absolute atomic E-state index is 13.0. The Bertz CT molecular complexity index is 657. The van der Waals surface area contributed by atoms with Crippen LogP contribution in [0.2, 0.25) is 0 Å². The fourth-order valence-corrected chi connectivity index (χ4v) is 2.40. The van der Waals surface area contributed by atoms with Crippen LogP contribution in [-0.2, 0) is 6.18 Å². The normalized spacial score (nSPS) is 11.3. The molecule has 7 heteroatoms. The van der Waals surface area contributed by atoms with Gasteiger partial charge in [0.2, 0.25) is 0 Å². The summed E-state index contributed by atoms with van der Waals surface area (Å²) in [6.07, 6.45) is -4.49. The van der Waals surface area contributed by atoms with E-state index in [9.17, 15) is 13.2 Å². The molecule has 0 fully saturated rings. The van der Waals surface area contributed by atoms with Gasteiger partial charge in [0.25, 0.3) is 0 Å². The van der Waals surface area contributed by atoms with Gasteiger partial charge in [0.15, 0.2) is 0 Å². The van der Waals surface area contributed by atoms with Crippen molar-refractivity contribution >= 4 is 31.9 Å². The van der Waals surface area contributed by atoms with Crippen molar-refractivity contribution in [3.05, 3.63) is 50.9 Å². The average Bonchev–Trinajstić information content (AvgIpc) is 2.39. The van der Waals surface area contributed by atoms with Crippen LogP contribution < -0.4 is 9.47 Å². The molecule has 0 amide bonds. The van der Waals surface area contributed by atoms with Gasteiger partial charge in [-0.1, -0.05) is 15.9 Å². The lowest BCUT2D eigenvalue weighted by atomic mass is 10.2. The molecule has 0 saturated carbocycles. The Morgan fingerprint density at radius 3 is 2.24 bits per heavy atom. The van der Waals surface area contributed by atoms with Crippen LogP contribution >= 0.6 is 31.9 Å². The lowest BCUT2D eigenvalue weighted by molar-refractivity contribution is -0.138. The molecule has 0 N–H and O–H groups in total. The monoisotopic (exact) mass is 424 g/mol. The van der Waals surface area contributed by atoms with Gasteiger partial charge < -0.3 is 9.47 Å². The summed E-state index contributed by atoms with van der Waals surface area (Å²) in [5.41, 5.74) is -0.839. The molecular weight excluding hydrogens is 417 g/mol. The highest BCUT2D eigenvalue weighted by Gasteiger charge is 2.34. The first-order valence-corrected chi connectivity index (χ1v) is 7.28. The number of alkyl halides is 3. The van der Waals surface area contributed by atoms with Crippen LogP contribution in [0.3, 0.4) is 0 Å². The number of hydrogen-bond acceptors (Lipinski definition) is 2. The maximum atomic E-state index is 13.0. The smallest absolute Gasteiger partial charge is 0.419 e. The van der Waals surface area contributed by atoms with Crippen LogP contribution in [0.15, 0.2) is 45.3 Å². The zero-order valence-corrected chi connectivity index (χ0v) is 13.8. The lowest BCUT2D eigenvalue weighted by Gasteiger charge is -2.15. The summed E-state index contributed by atoms with van der Waals surface area (Å²) < 4.78 is 50.3. The van der Waals surface area contributed by atoms with Gasteiger partial charge in [0.05, 0.1) is 17.1 Å². The SMILES string of the molecule is COc1ccc(Oc2cc(Br)ccc2C(F)(F)F)c(Br)c1. The zero-order valence-electron chi connectivity index (χ0n) is 10.7. The Hall–Kier alpha value is -1.21. The molecule has 112 valence electrons. The third kappa shape index (κ3) is 3.91. The Labute approximate surface area is 136 Å². The molecule has 21 heavy (non-hydrogen) atoms. The largest absolute Gasteiger partial charge is 0.497 e. The second-order valence-corrected chi connectivity index (χ2v) is 5.81. The number of benzene rings is 2. The minimum absolute atomic E-state index is 0.263. The molecule has 0 unspecified atom stereocenters. The van der Waals surface area contributed by atoms with Gasteiger partial charge in [0, 0.05) is 4.47 Å². The average molecular weight is 426 g/mol. The number of hydrogen-bond donors (Lipinski definition) is 0. The van der Waals surface area contributed by atoms with Crippen molar-refractivity contribution in [2.75, 3.05) is 7.11 Å². The van der Waals surface area contributed by atoms with Gasteiger partial charge in [-0.15, -0.1) is 0 Å². The standard InChI is InChI=1S/C14H9Br2F3O2/c1-20-9-3-5-12(11(16)7-9)21-13-6-8(15)2-4-10(13)14(17,18)19/h2-7H,1H3. The van der Waals surface area contributed by atoms with Gasteiger partial charge in [0.1, 0.15) is 17.2 Å². The van der Waals surface area contributed by atoms with E-state index in [0.717, 1.165) is 6.07 Å². The highest BCUT2D eigenvalue weighted by atomic mass is 79.9. The molecule has 2 aromatic carbocycles. The van der Waals surface area contributed by atoms with E-state index in [4.69, 9.17) is 9.47 Å². The van der Waals surface area contributed by atoms with Crippen LogP contribution in [0.25, 0.3) is 0 Å². The molecule has 0 radical (unpaired) electrons. The van der Waals surface area contributed by atoms with Gasteiger partial charge >= 0.3 is 6.18 Å². The fourth-order valence-electron chi connectivity index (χ4n) is 1.62. The highest BCUT2D eigenvalue weighted by molar-refractivity contribution is 9.10. The first-order chi connectivity index (χ1) is 9.81. The molecule has 0 atom stereocenters. The number of halogens is 5. The van der Waals surface area contributed by atoms with Gasteiger partial charge in [-0.3, -0.25) is 0 Å². The molecule has 0 aliphatic rings. The predicted molar refractivity (Wildman–Crippen MR) is 79.9 cm³/mol. The molecule has 2 rings (SSSR count). The van der Waals surface area contributed by atoms with E-state index in [1.54, 1.807) is 12.1 Å². The fraction of sp³-hybridized carbons (Fsp3) is 0.143.